The van der Waals surface area contributed by atoms with Gasteiger partial charge in [0.25, 0.3) is 0 Å². The number of aryl methyl sites for hydroxylation is 2. The number of anilines is 1. The van der Waals surface area contributed by atoms with Gasteiger partial charge in [-0.25, -0.2) is 0 Å². The smallest absolute Gasteiger partial charge is 0.0932 e. The van der Waals surface area contributed by atoms with Crippen molar-refractivity contribution in [3.63, 3.8) is 0 Å². The molecule has 2 rings (SSSR count). The highest BCUT2D eigenvalue weighted by molar-refractivity contribution is 7.16. The van der Waals surface area contributed by atoms with E-state index in [9.17, 15) is 0 Å². The zero-order valence-electron chi connectivity index (χ0n) is 10.1. The second kappa shape index (κ2) is 5.07. The van der Waals surface area contributed by atoms with Gasteiger partial charge in [0.15, 0.2) is 0 Å². The molecule has 17 heavy (non-hydrogen) atoms. The molecule has 0 radical (unpaired) electrons. The van der Waals surface area contributed by atoms with Crippen LogP contribution in [0, 0.1) is 13.8 Å². The first-order valence-corrected chi connectivity index (χ1v) is 6.71. The molecule has 2 aromatic rings. The van der Waals surface area contributed by atoms with Gasteiger partial charge in [0.1, 0.15) is 0 Å². The van der Waals surface area contributed by atoms with Crippen LogP contribution in [0.5, 0.6) is 0 Å². The SMILES string of the molecule is Cc1ccc(NC(C)c2ccc(Cl)s2)c(C)n1. The Morgan fingerprint density at radius 2 is 2.00 bits per heavy atom. The standard InChI is InChI=1S/C13H15ClN2S/c1-8-4-5-11(9(2)15-8)16-10(3)12-6-7-13(14)17-12/h4-7,10,16H,1-3H3. The highest BCUT2D eigenvalue weighted by atomic mass is 35.5. The lowest BCUT2D eigenvalue weighted by atomic mass is 10.2. The molecule has 0 aliphatic rings. The van der Waals surface area contributed by atoms with Crippen LogP contribution in [-0.4, -0.2) is 4.98 Å². The molecule has 2 nitrogen and oxygen atoms in total. The van der Waals surface area contributed by atoms with E-state index in [1.165, 1.54) is 4.88 Å². The Kier molecular flexibility index (Phi) is 3.69. The Labute approximate surface area is 111 Å². The third kappa shape index (κ3) is 2.99. The molecule has 2 aromatic heterocycles. The molecule has 0 aliphatic heterocycles. The van der Waals surface area contributed by atoms with Gasteiger partial charge in [-0.1, -0.05) is 11.6 Å². The Morgan fingerprint density at radius 1 is 1.24 bits per heavy atom. The molecule has 0 aliphatic carbocycles. The summed E-state index contributed by atoms with van der Waals surface area (Å²) < 4.78 is 0.826. The van der Waals surface area contributed by atoms with Gasteiger partial charge in [-0.15, -0.1) is 11.3 Å². The molecule has 0 aromatic carbocycles. The summed E-state index contributed by atoms with van der Waals surface area (Å²) in [6, 6.07) is 8.32. The Balaban J connectivity index is 2.15. The van der Waals surface area contributed by atoms with Crippen molar-refractivity contribution in [1.29, 1.82) is 0 Å². The second-order valence-corrected chi connectivity index (χ2v) is 5.84. The molecule has 0 fully saturated rings. The summed E-state index contributed by atoms with van der Waals surface area (Å²) in [6.07, 6.45) is 0. The van der Waals surface area contributed by atoms with E-state index in [1.54, 1.807) is 11.3 Å². The third-order valence-corrected chi connectivity index (χ3v) is 4.03. The molecule has 1 unspecified atom stereocenters. The van der Waals surface area contributed by atoms with E-state index in [-0.39, 0.29) is 6.04 Å². The lowest BCUT2D eigenvalue weighted by Gasteiger charge is -2.15. The average molecular weight is 267 g/mol. The van der Waals surface area contributed by atoms with Crippen molar-refractivity contribution < 1.29 is 0 Å². The highest BCUT2D eigenvalue weighted by Crippen LogP contribution is 2.29. The van der Waals surface area contributed by atoms with E-state index in [0.29, 0.717) is 0 Å². The molecular weight excluding hydrogens is 252 g/mol. The fraction of sp³-hybridized carbons (Fsp3) is 0.308. The van der Waals surface area contributed by atoms with Gasteiger partial charge in [-0.05, 0) is 45.0 Å². The van der Waals surface area contributed by atoms with E-state index in [0.717, 1.165) is 21.4 Å². The number of rotatable bonds is 3. The molecule has 1 N–H and O–H groups in total. The molecule has 2 heterocycles. The van der Waals surface area contributed by atoms with Crippen LogP contribution >= 0.6 is 22.9 Å². The maximum absolute atomic E-state index is 5.94. The molecule has 0 spiro atoms. The summed E-state index contributed by atoms with van der Waals surface area (Å²) >= 11 is 7.54. The summed E-state index contributed by atoms with van der Waals surface area (Å²) in [5, 5.41) is 3.46. The summed E-state index contributed by atoms with van der Waals surface area (Å²) in [7, 11) is 0. The fourth-order valence-electron chi connectivity index (χ4n) is 1.70. The van der Waals surface area contributed by atoms with Gasteiger partial charge < -0.3 is 5.32 Å². The van der Waals surface area contributed by atoms with Gasteiger partial charge in [0.2, 0.25) is 0 Å². The van der Waals surface area contributed by atoms with E-state index >= 15 is 0 Å². The molecule has 4 heteroatoms. The van der Waals surface area contributed by atoms with Crippen LogP contribution in [0.3, 0.4) is 0 Å². The monoisotopic (exact) mass is 266 g/mol. The first kappa shape index (κ1) is 12.4. The number of halogens is 1. The first-order chi connectivity index (χ1) is 8.06. The number of aromatic nitrogens is 1. The highest BCUT2D eigenvalue weighted by Gasteiger charge is 2.09. The van der Waals surface area contributed by atoms with Crippen molar-refractivity contribution in [2.45, 2.75) is 26.8 Å². The van der Waals surface area contributed by atoms with Crippen molar-refractivity contribution in [2.75, 3.05) is 5.32 Å². The Morgan fingerprint density at radius 3 is 2.59 bits per heavy atom. The molecular formula is C13H15ClN2S. The average Bonchev–Trinajstić information content (AvgIpc) is 2.69. The van der Waals surface area contributed by atoms with Crippen LogP contribution in [0.15, 0.2) is 24.3 Å². The van der Waals surface area contributed by atoms with Crippen LogP contribution in [0.1, 0.15) is 29.2 Å². The third-order valence-electron chi connectivity index (χ3n) is 2.62. The molecule has 0 bridgehead atoms. The van der Waals surface area contributed by atoms with Gasteiger partial charge in [-0.2, -0.15) is 0 Å². The number of nitrogens with one attached hydrogen (secondary N) is 1. The number of hydrogen-bond acceptors (Lipinski definition) is 3. The fourth-order valence-corrected chi connectivity index (χ4v) is 2.77. The number of thiophene rings is 1. The van der Waals surface area contributed by atoms with E-state index in [1.807, 2.05) is 26.0 Å². The van der Waals surface area contributed by atoms with Crippen LogP contribution in [-0.2, 0) is 0 Å². The lowest BCUT2D eigenvalue weighted by molar-refractivity contribution is 0.900. The molecule has 90 valence electrons. The molecule has 0 saturated carbocycles. The van der Waals surface area contributed by atoms with Crippen molar-refractivity contribution in [3.05, 3.63) is 44.9 Å². The molecule has 0 saturated heterocycles. The number of nitrogens with zero attached hydrogens (tertiary/aromatic N) is 1. The maximum Gasteiger partial charge on any atom is 0.0932 e. The van der Waals surface area contributed by atoms with E-state index < -0.39 is 0 Å². The molecule has 1 atom stereocenters. The Hall–Kier alpha value is -1.06. The van der Waals surface area contributed by atoms with Crippen molar-refractivity contribution in [2.24, 2.45) is 0 Å². The lowest BCUT2D eigenvalue weighted by Crippen LogP contribution is -2.07. The van der Waals surface area contributed by atoms with Crippen molar-refractivity contribution in [3.8, 4) is 0 Å². The van der Waals surface area contributed by atoms with E-state index in [4.69, 9.17) is 11.6 Å². The number of pyridine rings is 1. The quantitative estimate of drug-likeness (QED) is 0.879. The number of hydrogen-bond donors (Lipinski definition) is 1. The summed E-state index contributed by atoms with van der Waals surface area (Å²) in [5.74, 6) is 0. The molecule has 0 amide bonds. The van der Waals surface area contributed by atoms with Gasteiger partial charge in [-0.3, -0.25) is 4.98 Å². The zero-order chi connectivity index (χ0) is 12.4. The zero-order valence-corrected chi connectivity index (χ0v) is 11.7. The van der Waals surface area contributed by atoms with Crippen LogP contribution < -0.4 is 5.32 Å². The summed E-state index contributed by atoms with van der Waals surface area (Å²) in [5.41, 5.74) is 3.15. The summed E-state index contributed by atoms with van der Waals surface area (Å²) in [6.45, 7) is 6.14. The normalized spacial score (nSPS) is 12.5. The van der Waals surface area contributed by atoms with Crippen molar-refractivity contribution >= 4 is 28.6 Å². The largest absolute Gasteiger partial charge is 0.376 e. The predicted molar refractivity (Wildman–Crippen MR) is 75.1 cm³/mol. The van der Waals surface area contributed by atoms with Crippen LogP contribution in [0.2, 0.25) is 4.34 Å². The van der Waals surface area contributed by atoms with Gasteiger partial charge in [0.05, 0.1) is 21.8 Å². The van der Waals surface area contributed by atoms with Gasteiger partial charge in [0, 0.05) is 10.6 Å². The Bertz CT molecular complexity index is 522. The predicted octanol–water partition coefficient (Wildman–Crippen LogP) is 4.59. The van der Waals surface area contributed by atoms with Crippen LogP contribution in [0.25, 0.3) is 0 Å². The maximum atomic E-state index is 5.94. The minimum Gasteiger partial charge on any atom is -0.376 e. The topological polar surface area (TPSA) is 24.9 Å². The van der Waals surface area contributed by atoms with Crippen molar-refractivity contribution in [1.82, 2.24) is 4.98 Å². The van der Waals surface area contributed by atoms with E-state index in [2.05, 4.69) is 29.4 Å². The minimum atomic E-state index is 0.246. The summed E-state index contributed by atoms with van der Waals surface area (Å²) in [4.78, 5) is 5.67. The van der Waals surface area contributed by atoms with Gasteiger partial charge >= 0.3 is 0 Å². The van der Waals surface area contributed by atoms with Crippen LogP contribution in [0.4, 0.5) is 5.69 Å². The first-order valence-electron chi connectivity index (χ1n) is 5.52. The second-order valence-electron chi connectivity index (χ2n) is 4.09. The minimum absolute atomic E-state index is 0.246.